The van der Waals surface area contributed by atoms with Gasteiger partial charge in [0.15, 0.2) is 5.76 Å². The maximum Gasteiger partial charge on any atom is 0.305 e. The maximum atomic E-state index is 13.8. The molecule has 2 aromatic carbocycles. The third-order valence-electron chi connectivity index (χ3n) is 5.34. The van der Waals surface area contributed by atoms with Crippen LogP contribution in [0, 0.1) is 12.7 Å². The molecule has 0 saturated carbocycles. The van der Waals surface area contributed by atoms with Crippen molar-refractivity contribution in [1.29, 1.82) is 0 Å². The van der Waals surface area contributed by atoms with Gasteiger partial charge in [-0.05, 0) is 56.2 Å². The molecule has 1 aliphatic carbocycles. The average molecular weight is 527 g/mol. The first-order chi connectivity index (χ1) is 16.3. The summed E-state index contributed by atoms with van der Waals surface area (Å²) in [6.07, 6.45) is 1.93. The number of benzene rings is 2. The van der Waals surface area contributed by atoms with E-state index >= 15 is 0 Å². The highest BCUT2D eigenvalue weighted by atomic mass is 79.9. The van der Waals surface area contributed by atoms with Crippen molar-refractivity contribution < 1.29 is 23.2 Å². The topological polar surface area (TPSA) is 113 Å². The molecule has 0 bridgehead atoms. The van der Waals surface area contributed by atoms with Crippen LogP contribution in [0.4, 0.5) is 4.39 Å². The molecule has 0 atom stereocenters. The van der Waals surface area contributed by atoms with Gasteiger partial charge >= 0.3 is 5.91 Å². The van der Waals surface area contributed by atoms with Crippen molar-refractivity contribution >= 4 is 39.4 Å². The van der Waals surface area contributed by atoms with Gasteiger partial charge in [-0.1, -0.05) is 28.1 Å². The van der Waals surface area contributed by atoms with E-state index in [0.29, 0.717) is 41.0 Å². The monoisotopic (exact) mass is 526 g/mol. The highest BCUT2D eigenvalue weighted by molar-refractivity contribution is 9.10. The number of rotatable bonds is 4. The predicted octanol–water partition coefficient (Wildman–Crippen LogP) is 4.03. The van der Waals surface area contributed by atoms with Gasteiger partial charge in [0.05, 0.1) is 11.3 Å². The van der Waals surface area contributed by atoms with Gasteiger partial charge in [0.1, 0.15) is 11.6 Å². The van der Waals surface area contributed by atoms with Crippen molar-refractivity contribution in [1.82, 2.24) is 16.3 Å². The number of carbonyl (C=O) groups excluding carboxylic acids is 3. The van der Waals surface area contributed by atoms with E-state index in [2.05, 4.69) is 37.3 Å². The second-order valence-corrected chi connectivity index (χ2v) is 8.52. The zero-order valence-corrected chi connectivity index (χ0v) is 19.7. The van der Waals surface area contributed by atoms with Crippen molar-refractivity contribution in [2.24, 2.45) is 5.10 Å². The Morgan fingerprint density at radius 2 is 1.68 bits per heavy atom. The predicted molar refractivity (Wildman–Crippen MR) is 126 cm³/mol. The molecule has 3 N–H and O–H groups in total. The van der Waals surface area contributed by atoms with Crippen molar-refractivity contribution in [3.05, 3.63) is 92.6 Å². The van der Waals surface area contributed by atoms with E-state index in [1.807, 2.05) is 0 Å². The summed E-state index contributed by atoms with van der Waals surface area (Å²) in [5, 5.41) is 4.28. The molecule has 8 nitrogen and oxygen atoms in total. The highest BCUT2D eigenvalue weighted by Crippen LogP contribution is 2.29. The lowest BCUT2D eigenvalue weighted by molar-refractivity contribution is 0.0827. The largest absolute Gasteiger partial charge is 0.455 e. The van der Waals surface area contributed by atoms with Gasteiger partial charge in [-0.25, -0.2) is 9.82 Å². The number of nitrogens with zero attached hydrogens (tertiary/aromatic N) is 1. The summed E-state index contributed by atoms with van der Waals surface area (Å²) in [7, 11) is 0. The smallest absolute Gasteiger partial charge is 0.305 e. The standard InChI is InChI=1S/C24H20BrFN4O4/c1-13-20-18(27-28-22(31)14-9-11-15(25)12-10-14)7-4-8-19(20)34-21(13)24(33)30-29-23(32)16-5-2-3-6-17(16)26/h2-3,5-6,9-12H,4,7-8H2,1H3,(H,28,31)(H,29,32)(H,30,33)/b27-18+. The molecule has 174 valence electrons. The molecular weight excluding hydrogens is 507 g/mol. The van der Waals surface area contributed by atoms with E-state index < -0.39 is 17.6 Å². The van der Waals surface area contributed by atoms with Gasteiger partial charge in [0.25, 0.3) is 11.8 Å². The molecule has 34 heavy (non-hydrogen) atoms. The lowest BCUT2D eigenvalue weighted by atomic mass is 9.93. The van der Waals surface area contributed by atoms with Crippen LogP contribution in [-0.2, 0) is 6.42 Å². The second-order valence-electron chi connectivity index (χ2n) is 7.60. The van der Waals surface area contributed by atoms with Crippen molar-refractivity contribution in [2.45, 2.75) is 26.2 Å². The van der Waals surface area contributed by atoms with Crippen molar-refractivity contribution in [2.75, 3.05) is 0 Å². The van der Waals surface area contributed by atoms with Crippen LogP contribution in [0.1, 0.15) is 61.0 Å². The first-order valence-electron chi connectivity index (χ1n) is 10.5. The van der Waals surface area contributed by atoms with Crippen LogP contribution in [0.15, 0.2) is 62.5 Å². The fourth-order valence-electron chi connectivity index (χ4n) is 3.66. The number of aryl methyl sites for hydroxylation is 1. The quantitative estimate of drug-likeness (QED) is 0.445. The second kappa shape index (κ2) is 10.0. The van der Waals surface area contributed by atoms with E-state index in [1.165, 1.54) is 18.2 Å². The fraction of sp³-hybridized carbons (Fsp3) is 0.167. The Balaban J connectivity index is 1.48. The maximum absolute atomic E-state index is 13.8. The van der Waals surface area contributed by atoms with Gasteiger partial charge in [-0.15, -0.1) is 0 Å². The van der Waals surface area contributed by atoms with Gasteiger partial charge in [0.2, 0.25) is 0 Å². The molecule has 3 aromatic rings. The highest BCUT2D eigenvalue weighted by Gasteiger charge is 2.28. The van der Waals surface area contributed by atoms with Crippen LogP contribution in [0.25, 0.3) is 0 Å². The molecule has 1 heterocycles. The summed E-state index contributed by atoms with van der Waals surface area (Å²) >= 11 is 3.33. The van der Waals surface area contributed by atoms with Gasteiger partial charge < -0.3 is 4.42 Å². The van der Waals surface area contributed by atoms with Crippen molar-refractivity contribution in [3.8, 4) is 0 Å². The Hall–Kier alpha value is -3.79. The zero-order valence-electron chi connectivity index (χ0n) is 18.1. The number of amides is 3. The normalized spacial score (nSPS) is 13.8. The zero-order chi connectivity index (χ0) is 24.2. The number of nitrogens with one attached hydrogen (secondary N) is 3. The van der Waals surface area contributed by atoms with E-state index in [1.54, 1.807) is 31.2 Å². The lowest BCUT2D eigenvalue weighted by Crippen LogP contribution is -2.42. The van der Waals surface area contributed by atoms with Crippen LogP contribution in [-0.4, -0.2) is 23.4 Å². The van der Waals surface area contributed by atoms with Crippen LogP contribution >= 0.6 is 15.9 Å². The first-order valence-corrected chi connectivity index (χ1v) is 11.2. The molecule has 4 rings (SSSR count). The summed E-state index contributed by atoms with van der Waals surface area (Å²) in [6.45, 7) is 1.70. The Kier molecular flexibility index (Phi) is 6.87. The van der Waals surface area contributed by atoms with E-state index in [-0.39, 0.29) is 17.2 Å². The lowest BCUT2D eigenvalue weighted by Gasteiger charge is -2.13. The molecule has 1 aromatic heterocycles. The molecule has 3 amide bonds. The summed E-state index contributed by atoms with van der Waals surface area (Å²) in [5.41, 5.74) is 9.05. The SMILES string of the molecule is Cc1c(C(=O)NNC(=O)c2ccccc2F)oc2c1/C(=N/NC(=O)c1ccc(Br)cc1)CCC2. The van der Waals surface area contributed by atoms with Crippen LogP contribution < -0.4 is 16.3 Å². The van der Waals surface area contributed by atoms with Gasteiger partial charge in [-0.2, -0.15) is 5.10 Å². The first kappa shape index (κ1) is 23.4. The Labute approximate surface area is 202 Å². The Bertz CT molecular complexity index is 1300. The number of hydrazine groups is 1. The number of hydrogen-bond donors (Lipinski definition) is 3. The number of hydrazone groups is 1. The number of furan rings is 1. The van der Waals surface area contributed by atoms with Crippen LogP contribution in [0.5, 0.6) is 0 Å². The van der Waals surface area contributed by atoms with E-state index in [9.17, 15) is 18.8 Å². The third kappa shape index (κ3) is 4.91. The number of hydrogen-bond acceptors (Lipinski definition) is 5. The number of halogens is 2. The minimum Gasteiger partial charge on any atom is -0.455 e. The van der Waals surface area contributed by atoms with Gasteiger partial charge in [-0.3, -0.25) is 25.2 Å². The minimum atomic E-state index is -0.793. The fourth-order valence-corrected chi connectivity index (χ4v) is 3.93. The summed E-state index contributed by atoms with van der Waals surface area (Å²) in [5.74, 6) is -1.96. The molecule has 0 unspecified atom stereocenters. The summed E-state index contributed by atoms with van der Waals surface area (Å²) < 4.78 is 20.4. The summed E-state index contributed by atoms with van der Waals surface area (Å²) in [4.78, 5) is 37.2. The molecule has 10 heteroatoms. The number of carbonyl (C=O) groups is 3. The average Bonchev–Trinajstić information content (AvgIpc) is 3.18. The number of fused-ring (bicyclic) bond motifs is 1. The molecular formula is C24H20BrFN4O4. The molecule has 0 radical (unpaired) electrons. The van der Waals surface area contributed by atoms with Gasteiger partial charge in [0, 0.05) is 27.6 Å². The molecule has 0 spiro atoms. The molecule has 0 fully saturated rings. The summed E-state index contributed by atoms with van der Waals surface area (Å²) in [6, 6.07) is 12.3. The minimum absolute atomic E-state index is 0.00710. The molecule has 0 saturated heterocycles. The third-order valence-corrected chi connectivity index (χ3v) is 5.87. The van der Waals surface area contributed by atoms with E-state index in [0.717, 1.165) is 17.0 Å². The van der Waals surface area contributed by atoms with E-state index in [4.69, 9.17) is 4.42 Å². The molecule has 1 aliphatic rings. The van der Waals surface area contributed by atoms with Crippen molar-refractivity contribution in [3.63, 3.8) is 0 Å². The Morgan fingerprint density at radius 3 is 2.41 bits per heavy atom. The van der Waals surface area contributed by atoms with Crippen LogP contribution in [0.3, 0.4) is 0 Å². The molecule has 0 aliphatic heterocycles. The Morgan fingerprint density at radius 1 is 0.971 bits per heavy atom. The van der Waals surface area contributed by atoms with Crippen LogP contribution in [0.2, 0.25) is 0 Å².